The number of nitriles is 1. The summed E-state index contributed by atoms with van der Waals surface area (Å²) in [6, 6.07) is 22.7. The first kappa shape index (κ1) is 19.6. The molecule has 0 aromatic heterocycles. The van der Waals surface area contributed by atoms with Gasteiger partial charge in [0.2, 0.25) is 0 Å². The molecule has 0 bridgehead atoms. The van der Waals surface area contributed by atoms with Gasteiger partial charge in [-0.1, -0.05) is 54.6 Å². The molecular formula is C24H15FN2O2S. The van der Waals surface area contributed by atoms with Crippen LogP contribution in [0.2, 0.25) is 0 Å². The number of benzene rings is 3. The highest BCUT2D eigenvalue weighted by Crippen LogP contribution is 2.33. The lowest BCUT2D eigenvalue weighted by Gasteiger charge is -2.13. The number of nitrogens with zero attached hydrogens (tertiary/aromatic N) is 2. The summed E-state index contributed by atoms with van der Waals surface area (Å²) in [5.41, 5.74) is 3.77. The molecule has 1 heterocycles. The van der Waals surface area contributed by atoms with Crippen molar-refractivity contribution in [1.29, 1.82) is 5.26 Å². The molecule has 6 heteroatoms. The van der Waals surface area contributed by atoms with Gasteiger partial charge >= 0.3 is 0 Å². The third kappa shape index (κ3) is 4.02. The predicted octanol–water partition coefficient (Wildman–Crippen LogP) is 5.60. The topological polar surface area (TPSA) is 61.2 Å². The molecule has 0 N–H and O–H groups in total. The van der Waals surface area contributed by atoms with Crippen molar-refractivity contribution >= 4 is 29.0 Å². The molecule has 3 aromatic carbocycles. The van der Waals surface area contributed by atoms with Crippen LogP contribution in [0.3, 0.4) is 0 Å². The van der Waals surface area contributed by atoms with Crippen molar-refractivity contribution in [1.82, 2.24) is 4.90 Å². The Labute approximate surface area is 177 Å². The summed E-state index contributed by atoms with van der Waals surface area (Å²) in [5, 5.41) is 8.93. The van der Waals surface area contributed by atoms with Crippen molar-refractivity contribution in [3.63, 3.8) is 0 Å². The molecule has 30 heavy (non-hydrogen) atoms. The molecule has 0 radical (unpaired) electrons. The van der Waals surface area contributed by atoms with Gasteiger partial charge in [-0.3, -0.25) is 14.5 Å². The lowest BCUT2D eigenvalue weighted by Crippen LogP contribution is -2.27. The van der Waals surface area contributed by atoms with Crippen molar-refractivity contribution in [3.8, 4) is 17.2 Å². The number of carbonyl (C=O) groups is 2. The molecule has 0 atom stereocenters. The number of amides is 2. The van der Waals surface area contributed by atoms with E-state index < -0.39 is 0 Å². The molecule has 3 aromatic rings. The Bertz CT molecular complexity index is 1200. The molecule has 0 saturated carbocycles. The number of rotatable bonds is 4. The van der Waals surface area contributed by atoms with Gasteiger partial charge in [-0.15, -0.1) is 0 Å². The zero-order valence-corrected chi connectivity index (χ0v) is 16.5. The van der Waals surface area contributed by atoms with Gasteiger partial charge in [-0.25, -0.2) is 4.39 Å². The Morgan fingerprint density at radius 2 is 1.67 bits per heavy atom. The van der Waals surface area contributed by atoms with E-state index in [0.29, 0.717) is 16.0 Å². The van der Waals surface area contributed by atoms with Gasteiger partial charge in [-0.05, 0) is 58.3 Å². The van der Waals surface area contributed by atoms with Crippen molar-refractivity contribution < 1.29 is 14.0 Å². The number of hydrogen-bond donors (Lipinski definition) is 0. The van der Waals surface area contributed by atoms with Gasteiger partial charge in [-0.2, -0.15) is 5.26 Å². The van der Waals surface area contributed by atoms with Crippen LogP contribution in [0.15, 0.2) is 77.7 Å². The maximum absolute atomic E-state index is 13.1. The van der Waals surface area contributed by atoms with Gasteiger partial charge in [0.05, 0.1) is 23.1 Å². The third-order valence-electron chi connectivity index (χ3n) is 4.69. The highest BCUT2D eigenvalue weighted by atomic mass is 32.2. The lowest BCUT2D eigenvalue weighted by atomic mass is 9.99. The van der Waals surface area contributed by atoms with E-state index in [-0.39, 0.29) is 23.5 Å². The monoisotopic (exact) mass is 414 g/mol. The average molecular weight is 414 g/mol. The molecule has 2 amide bonds. The fourth-order valence-electron chi connectivity index (χ4n) is 3.15. The quantitative estimate of drug-likeness (QED) is 0.521. The van der Waals surface area contributed by atoms with E-state index in [1.165, 1.54) is 17.0 Å². The Kier molecular flexibility index (Phi) is 5.46. The summed E-state index contributed by atoms with van der Waals surface area (Å²) >= 11 is 0.874. The van der Waals surface area contributed by atoms with Gasteiger partial charge in [0.15, 0.2) is 0 Å². The summed E-state index contributed by atoms with van der Waals surface area (Å²) in [6.07, 6.45) is 1.59. The summed E-state index contributed by atoms with van der Waals surface area (Å²) in [7, 11) is 0. The van der Waals surface area contributed by atoms with E-state index in [4.69, 9.17) is 0 Å². The van der Waals surface area contributed by atoms with Crippen molar-refractivity contribution in [2.75, 3.05) is 0 Å². The largest absolute Gasteiger partial charge is 0.293 e. The molecule has 1 saturated heterocycles. The number of carbonyl (C=O) groups excluding carboxylic acids is 2. The maximum Gasteiger partial charge on any atom is 0.293 e. The Morgan fingerprint density at radius 1 is 0.967 bits per heavy atom. The smallest absolute Gasteiger partial charge is 0.268 e. The molecule has 146 valence electrons. The zero-order chi connectivity index (χ0) is 21.1. The minimum Gasteiger partial charge on any atom is -0.268 e. The SMILES string of the molecule is N#Cc1ccccc1-c1ccc(CN2C(=O)S/C(=C\c3ccc(F)cc3)C2=O)cc1. The first-order chi connectivity index (χ1) is 14.5. The second-order valence-corrected chi connectivity index (χ2v) is 7.67. The molecule has 0 spiro atoms. The van der Waals surface area contributed by atoms with Crippen LogP contribution in [0.4, 0.5) is 9.18 Å². The normalized spacial score (nSPS) is 14.9. The molecule has 4 nitrogen and oxygen atoms in total. The van der Waals surface area contributed by atoms with Crippen LogP contribution in [-0.4, -0.2) is 16.0 Å². The molecule has 1 aliphatic rings. The summed E-state index contributed by atoms with van der Waals surface area (Å²) in [5.74, 6) is -0.727. The van der Waals surface area contributed by atoms with E-state index >= 15 is 0 Å². The van der Waals surface area contributed by atoms with Gasteiger partial charge in [0.25, 0.3) is 11.1 Å². The molecular weight excluding hydrogens is 399 g/mol. The summed E-state index contributed by atoms with van der Waals surface area (Å²) in [4.78, 5) is 26.5. The Hall–Kier alpha value is -3.69. The van der Waals surface area contributed by atoms with Crippen molar-refractivity contribution in [2.45, 2.75) is 6.54 Å². The summed E-state index contributed by atoms with van der Waals surface area (Å²) < 4.78 is 13.1. The molecule has 1 aliphatic heterocycles. The minimum absolute atomic E-state index is 0.158. The molecule has 4 rings (SSSR count). The van der Waals surface area contributed by atoms with Crippen LogP contribution < -0.4 is 0 Å². The zero-order valence-electron chi connectivity index (χ0n) is 15.7. The highest BCUT2D eigenvalue weighted by molar-refractivity contribution is 8.18. The average Bonchev–Trinajstić information content (AvgIpc) is 3.03. The first-order valence-electron chi connectivity index (χ1n) is 9.14. The molecule has 0 aliphatic carbocycles. The Balaban J connectivity index is 1.51. The van der Waals surface area contributed by atoms with Crippen LogP contribution in [-0.2, 0) is 11.3 Å². The van der Waals surface area contributed by atoms with E-state index in [9.17, 15) is 19.2 Å². The van der Waals surface area contributed by atoms with Crippen LogP contribution in [0.1, 0.15) is 16.7 Å². The second-order valence-electron chi connectivity index (χ2n) is 6.67. The maximum atomic E-state index is 13.1. The van der Waals surface area contributed by atoms with E-state index in [2.05, 4.69) is 6.07 Å². The van der Waals surface area contributed by atoms with E-state index in [1.54, 1.807) is 24.3 Å². The third-order valence-corrected chi connectivity index (χ3v) is 5.60. The van der Waals surface area contributed by atoms with Gasteiger partial charge in [0.1, 0.15) is 5.82 Å². The number of halogens is 1. The van der Waals surface area contributed by atoms with Gasteiger partial charge in [0, 0.05) is 0 Å². The van der Waals surface area contributed by atoms with E-state index in [1.807, 2.05) is 42.5 Å². The second kappa shape index (κ2) is 8.36. The molecule has 1 fully saturated rings. The van der Waals surface area contributed by atoms with Crippen LogP contribution in [0, 0.1) is 17.1 Å². The summed E-state index contributed by atoms with van der Waals surface area (Å²) in [6.45, 7) is 0.158. The molecule has 0 unspecified atom stereocenters. The van der Waals surface area contributed by atoms with Crippen molar-refractivity contribution in [2.24, 2.45) is 0 Å². The number of imide groups is 1. The van der Waals surface area contributed by atoms with Crippen LogP contribution in [0.5, 0.6) is 0 Å². The Morgan fingerprint density at radius 3 is 2.37 bits per heavy atom. The predicted molar refractivity (Wildman–Crippen MR) is 115 cm³/mol. The lowest BCUT2D eigenvalue weighted by molar-refractivity contribution is -0.123. The van der Waals surface area contributed by atoms with Crippen LogP contribution in [0.25, 0.3) is 17.2 Å². The highest BCUT2D eigenvalue weighted by Gasteiger charge is 2.34. The fraction of sp³-hybridized carbons (Fsp3) is 0.0417. The van der Waals surface area contributed by atoms with Crippen molar-refractivity contribution in [3.05, 3.63) is 100 Å². The van der Waals surface area contributed by atoms with E-state index in [0.717, 1.165) is 28.5 Å². The minimum atomic E-state index is -0.367. The van der Waals surface area contributed by atoms with Crippen LogP contribution >= 0.6 is 11.8 Å². The van der Waals surface area contributed by atoms with Gasteiger partial charge < -0.3 is 0 Å². The fourth-order valence-corrected chi connectivity index (χ4v) is 3.99. The standard InChI is InChI=1S/C24H15FN2O2S/c25-20-11-7-16(8-12-20)13-22-23(28)27(24(29)30-22)15-17-5-9-18(10-6-17)21-4-2-1-3-19(21)14-26/h1-13H,15H2/b22-13-. The number of hydrogen-bond acceptors (Lipinski definition) is 4. The first-order valence-corrected chi connectivity index (χ1v) is 9.96. The number of thioether (sulfide) groups is 1.